The lowest BCUT2D eigenvalue weighted by molar-refractivity contribution is -0.147. The van der Waals surface area contributed by atoms with E-state index in [0.29, 0.717) is 36.7 Å². The second-order valence-corrected chi connectivity index (χ2v) is 5.91. The maximum absolute atomic E-state index is 13.5. The molecule has 2 rings (SSSR count). The molecule has 1 aromatic rings. The molecule has 1 aliphatic rings. The summed E-state index contributed by atoms with van der Waals surface area (Å²) in [4.78, 5) is 22.4. The Morgan fingerprint density at radius 3 is 2.45 bits per heavy atom. The van der Waals surface area contributed by atoms with Gasteiger partial charge >= 0.3 is 11.9 Å². The number of carbonyl (C=O) groups excluding carboxylic acids is 1. The summed E-state index contributed by atoms with van der Waals surface area (Å²) in [6, 6.07) is 2.33. The van der Waals surface area contributed by atoms with E-state index in [1.54, 1.807) is 0 Å². The van der Waals surface area contributed by atoms with Gasteiger partial charge in [-0.2, -0.15) is 0 Å². The molecule has 0 heterocycles. The van der Waals surface area contributed by atoms with E-state index in [2.05, 4.69) is 9.24 Å². The van der Waals surface area contributed by atoms with Gasteiger partial charge < -0.3 is 14.6 Å². The average Bonchev–Trinajstić information content (AvgIpc) is 2.49. The zero-order chi connectivity index (χ0) is 16.3. The summed E-state index contributed by atoms with van der Waals surface area (Å²) in [5.41, 5.74) is -0.413. The van der Waals surface area contributed by atoms with Crippen molar-refractivity contribution in [3.8, 4) is 5.75 Å². The van der Waals surface area contributed by atoms with Crippen LogP contribution < -0.4 is 10.0 Å². The fraction of sp³-hybridized carbons (Fsp3) is 0.467. The smallest absolute Gasteiger partial charge is 0.338 e. The van der Waals surface area contributed by atoms with Crippen molar-refractivity contribution in [3.63, 3.8) is 0 Å². The first kappa shape index (κ1) is 16.7. The van der Waals surface area contributed by atoms with Crippen molar-refractivity contribution in [2.45, 2.75) is 31.8 Å². The number of benzene rings is 1. The zero-order valence-electron chi connectivity index (χ0n) is 12.2. The molecule has 0 radical (unpaired) electrons. The fourth-order valence-corrected chi connectivity index (χ4v) is 2.90. The predicted octanol–water partition coefficient (Wildman–Crippen LogP) is 2.13. The van der Waals surface area contributed by atoms with E-state index in [-0.39, 0.29) is 18.0 Å². The summed E-state index contributed by atoms with van der Waals surface area (Å²) in [6.45, 7) is 0. The minimum absolute atomic E-state index is 0.108. The summed E-state index contributed by atoms with van der Waals surface area (Å²) in [5, 5.41) is 9.43. The Kier molecular flexibility index (Phi) is 5.35. The summed E-state index contributed by atoms with van der Waals surface area (Å²) >= 11 is 0. The molecule has 0 amide bonds. The lowest BCUT2D eigenvalue weighted by Crippen LogP contribution is -2.29. The molecule has 1 aromatic carbocycles. The average molecular weight is 328 g/mol. The number of ether oxygens (including phenoxy) is 2. The number of methoxy groups -OCH3 is 1. The Balaban J connectivity index is 2.05. The van der Waals surface area contributed by atoms with Gasteiger partial charge in [0.15, 0.2) is 0 Å². The Labute approximate surface area is 130 Å². The topological polar surface area (TPSA) is 72.8 Å². The zero-order valence-corrected chi connectivity index (χ0v) is 13.3. The quantitative estimate of drug-likeness (QED) is 0.677. The molecule has 1 N–H and O–H groups in total. The largest absolute Gasteiger partial charge is 0.490 e. The molecule has 1 unspecified atom stereocenters. The number of hydrogen-bond donors (Lipinski definition) is 1. The molecule has 7 heteroatoms. The van der Waals surface area contributed by atoms with Crippen LogP contribution in [0.25, 0.3) is 0 Å². The number of carbonyl (C=O) groups is 2. The van der Waals surface area contributed by atoms with Gasteiger partial charge in [0.05, 0.1) is 24.7 Å². The number of halogens is 1. The van der Waals surface area contributed by atoms with Crippen molar-refractivity contribution in [2.24, 2.45) is 5.92 Å². The van der Waals surface area contributed by atoms with Gasteiger partial charge in [-0.1, -0.05) is 0 Å². The van der Waals surface area contributed by atoms with Crippen molar-refractivity contribution in [2.75, 3.05) is 7.11 Å². The summed E-state index contributed by atoms with van der Waals surface area (Å²) < 4.78 is 24.1. The van der Waals surface area contributed by atoms with Gasteiger partial charge in [0.25, 0.3) is 0 Å². The highest BCUT2D eigenvalue weighted by Crippen LogP contribution is 2.29. The summed E-state index contributed by atoms with van der Waals surface area (Å²) in [6.07, 6.45) is 2.55. The van der Waals surface area contributed by atoms with Crippen LogP contribution in [-0.2, 0) is 9.53 Å². The van der Waals surface area contributed by atoms with Crippen LogP contribution >= 0.6 is 9.24 Å². The molecule has 0 saturated heterocycles. The Morgan fingerprint density at radius 2 is 1.91 bits per heavy atom. The van der Waals surface area contributed by atoms with Crippen LogP contribution in [0.15, 0.2) is 12.1 Å². The summed E-state index contributed by atoms with van der Waals surface area (Å²) in [7, 11) is 3.71. The number of carboxylic acids is 1. The van der Waals surface area contributed by atoms with E-state index in [1.807, 2.05) is 0 Å². The minimum Gasteiger partial charge on any atom is -0.490 e. The van der Waals surface area contributed by atoms with Crippen LogP contribution in [0.2, 0.25) is 0 Å². The third-order valence-electron chi connectivity index (χ3n) is 3.83. The second kappa shape index (κ2) is 7.05. The van der Waals surface area contributed by atoms with Crippen molar-refractivity contribution < 1.29 is 28.6 Å². The highest BCUT2D eigenvalue weighted by Gasteiger charge is 2.28. The van der Waals surface area contributed by atoms with Crippen LogP contribution in [0, 0.1) is 11.7 Å². The molecule has 0 aliphatic heterocycles. The first-order valence-corrected chi connectivity index (χ1v) is 7.57. The van der Waals surface area contributed by atoms with Gasteiger partial charge in [-0.3, -0.25) is 4.79 Å². The van der Waals surface area contributed by atoms with E-state index >= 15 is 0 Å². The molecular formula is C15H18FO5P. The lowest BCUT2D eigenvalue weighted by Gasteiger charge is -2.28. The Bertz CT molecular complexity index is 582. The highest BCUT2D eigenvalue weighted by molar-refractivity contribution is 7.27. The molecule has 1 aliphatic carbocycles. The maximum Gasteiger partial charge on any atom is 0.338 e. The molecule has 22 heavy (non-hydrogen) atoms. The molecule has 0 aromatic heterocycles. The molecule has 120 valence electrons. The molecular weight excluding hydrogens is 310 g/mol. The SMILES string of the molecule is COC(=O)[C@H]1CC[C@@H](Oc2cc(C(=O)O)c(F)cc2P)CC1. The maximum atomic E-state index is 13.5. The normalized spacial score (nSPS) is 21.2. The molecule has 5 nitrogen and oxygen atoms in total. The Morgan fingerprint density at radius 1 is 1.27 bits per heavy atom. The second-order valence-electron chi connectivity index (χ2n) is 5.29. The lowest BCUT2D eigenvalue weighted by atomic mass is 9.87. The van der Waals surface area contributed by atoms with Crippen molar-refractivity contribution >= 4 is 26.5 Å². The van der Waals surface area contributed by atoms with Crippen molar-refractivity contribution in [3.05, 3.63) is 23.5 Å². The fourth-order valence-electron chi connectivity index (χ4n) is 2.60. The van der Waals surface area contributed by atoms with Gasteiger partial charge in [0.1, 0.15) is 11.6 Å². The van der Waals surface area contributed by atoms with Gasteiger partial charge in [-0.15, -0.1) is 9.24 Å². The first-order valence-electron chi connectivity index (χ1n) is 6.99. The van der Waals surface area contributed by atoms with E-state index in [0.717, 1.165) is 6.07 Å². The number of aromatic carboxylic acids is 1. The molecule has 1 atom stereocenters. The third kappa shape index (κ3) is 3.74. The monoisotopic (exact) mass is 328 g/mol. The van der Waals surface area contributed by atoms with Crippen LogP contribution in [0.3, 0.4) is 0 Å². The first-order chi connectivity index (χ1) is 10.4. The van der Waals surface area contributed by atoms with Gasteiger partial charge in [0.2, 0.25) is 0 Å². The van der Waals surface area contributed by atoms with Crippen LogP contribution in [0.1, 0.15) is 36.0 Å². The minimum atomic E-state index is -1.33. The van der Waals surface area contributed by atoms with Gasteiger partial charge in [0, 0.05) is 5.30 Å². The van der Waals surface area contributed by atoms with Crippen molar-refractivity contribution in [1.82, 2.24) is 0 Å². The van der Waals surface area contributed by atoms with E-state index in [4.69, 9.17) is 14.6 Å². The van der Waals surface area contributed by atoms with Crippen LogP contribution in [0.4, 0.5) is 4.39 Å². The molecule has 0 spiro atoms. The van der Waals surface area contributed by atoms with Crippen molar-refractivity contribution in [1.29, 1.82) is 0 Å². The number of rotatable bonds is 4. The Hall–Kier alpha value is -1.68. The molecule has 1 fully saturated rings. The van der Waals surface area contributed by atoms with Gasteiger partial charge in [-0.05, 0) is 37.8 Å². The van der Waals surface area contributed by atoms with Crippen LogP contribution in [-0.4, -0.2) is 30.3 Å². The van der Waals surface area contributed by atoms with E-state index < -0.39 is 17.3 Å². The summed E-state index contributed by atoms with van der Waals surface area (Å²) in [5.74, 6) is -2.10. The van der Waals surface area contributed by atoms with E-state index in [9.17, 15) is 14.0 Å². The number of esters is 1. The molecule has 1 saturated carbocycles. The highest BCUT2D eigenvalue weighted by atomic mass is 31.0. The molecule has 0 bridgehead atoms. The number of carboxylic acid groups (broad SMARTS) is 1. The van der Waals surface area contributed by atoms with E-state index in [1.165, 1.54) is 13.2 Å². The predicted molar refractivity (Wildman–Crippen MR) is 81.1 cm³/mol. The van der Waals surface area contributed by atoms with Crippen LogP contribution in [0.5, 0.6) is 5.75 Å². The number of hydrogen-bond acceptors (Lipinski definition) is 4. The van der Waals surface area contributed by atoms with Gasteiger partial charge in [-0.25, -0.2) is 9.18 Å². The third-order valence-corrected chi connectivity index (χ3v) is 4.28. The standard InChI is InChI=1S/C15H18FO5P/c1-20-15(19)8-2-4-9(5-3-8)21-12-6-10(14(17)18)11(16)7-13(12)22/h6-9H,2-5,22H2,1H3,(H,17,18)/t8-,9+.